The molecule has 6 nitrogen and oxygen atoms in total. The van der Waals surface area contributed by atoms with E-state index in [2.05, 4.69) is 5.32 Å². The molecule has 1 aromatic carbocycles. The molecule has 2 unspecified atom stereocenters. The van der Waals surface area contributed by atoms with Gasteiger partial charge in [0.25, 0.3) is 0 Å². The van der Waals surface area contributed by atoms with Crippen LogP contribution in [-0.2, 0) is 19.1 Å². The van der Waals surface area contributed by atoms with E-state index in [1.54, 1.807) is 0 Å². The van der Waals surface area contributed by atoms with Gasteiger partial charge in [-0.2, -0.15) is 0 Å². The van der Waals surface area contributed by atoms with Crippen LogP contribution < -0.4 is 11.1 Å². The van der Waals surface area contributed by atoms with Gasteiger partial charge in [0, 0.05) is 13.7 Å². The molecule has 20 heavy (non-hydrogen) atoms. The zero-order valence-electron chi connectivity index (χ0n) is 11.7. The molecule has 0 radical (unpaired) electrons. The van der Waals surface area contributed by atoms with Crippen molar-refractivity contribution in [3.8, 4) is 0 Å². The summed E-state index contributed by atoms with van der Waals surface area (Å²) in [6.45, 7) is 0.257. The standard InChI is InChI=1S/C14H20N2O4/c1-19-9-12(15)13(17)16-8-11(14(18)20-2)10-6-4-3-5-7-10/h3-7,11-12H,8-9,15H2,1-2H3,(H,16,17). The molecule has 0 bridgehead atoms. The van der Waals surface area contributed by atoms with E-state index in [-0.39, 0.29) is 19.1 Å². The fourth-order valence-corrected chi connectivity index (χ4v) is 1.75. The Morgan fingerprint density at radius 2 is 1.90 bits per heavy atom. The van der Waals surface area contributed by atoms with Crippen LogP contribution in [0.4, 0.5) is 0 Å². The molecule has 0 spiro atoms. The number of benzene rings is 1. The normalized spacial score (nSPS) is 13.3. The first-order valence-electron chi connectivity index (χ1n) is 6.25. The highest BCUT2D eigenvalue weighted by molar-refractivity contribution is 5.83. The summed E-state index contributed by atoms with van der Waals surface area (Å²) in [7, 11) is 2.78. The molecule has 1 rings (SSSR count). The number of nitrogens with one attached hydrogen (secondary N) is 1. The molecular formula is C14H20N2O4. The Morgan fingerprint density at radius 3 is 2.45 bits per heavy atom. The van der Waals surface area contributed by atoms with Gasteiger partial charge in [-0.15, -0.1) is 0 Å². The van der Waals surface area contributed by atoms with Crippen molar-refractivity contribution in [3.63, 3.8) is 0 Å². The topological polar surface area (TPSA) is 90.6 Å². The second-order valence-electron chi connectivity index (χ2n) is 4.29. The van der Waals surface area contributed by atoms with Gasteiger partial charge in [0.2, 0.25) is 5.91 Å². The number of carbonyl (C=O) groups excluding carboxylic acids is 2. The Balaban J connectivity index is 2.68. The molecule has 0 saturated carbocycles. The highest BCUT2D eigenvalue weighted by Gasteiger charge is 2.23. The lowest BCUT2D eigenvalue weighted by molar-refractivity contribution is -0.142. The Hall–Kier alpha value is -1.92. The molecule has 0 saturated heterocycles. The van der Waals surface area contributed by atoms with Crippen molar-refractivity contribution in [3.05, 3.63) is 35.9 Å². The van der Waals surface area contributed by atoms with E-state index in [1.165, 1.54) is 14.2 Å². The predicted molar refractivity (Wildman–Crippen MR) is 74.1 cm³/mol. The number of amides is 1. The van der Waals surface area contributed by atoms with E-state index in [0.717, 1.165) is 5.56 Å². The number of ether oxygens (including phenoxy) is 2. The minimum atomic E-state index is -0.755. The molecule has 110 valence electrons. The van der Waals surface area contributed by atoms with E-state index < -0.39 is 17.9 Å². The number of hydrogen-bond acceptors (Lipinski definition) is 5. The van der Waals surface area contributed by atoms with E-state index in [1.807, 2.05) is 30.3 Å². The fourth-order valence-electron chi connectivity index (χ4n) is 1.75. The zero-order valence-corrected chi connectivity index (χ0v) is 11.7. The first-order chi connectivity index (χ1) is 9.60. The van der Waals surface area contributed by atoms with Crippen molar-refractivity contribution in [1.82, 2.24) is 5.32 Å². The lowest BCUT2D eigenvalue weighted by atomic mass is 9.99. The molecule has 6 heteroatoms. The maximum atomic E-state index is 11.8. The SMILES string of the molecule is COCC(N)C(=O)NCC(C(=O)OC)c1ccccc1. The predicted octanol–water partition coefficient (Wildman–Crippen LogP) is 0.0331. The van der Waals surface area contributed by atoms with Crippen LogP contribution in [0.15, 0.2) is 30.3 Å². The van der Waals surface area contributed by atoms with E-state index >= 15 is 0 Å². The molecule has 2 atom stereocenters. The van der Waals surface area contributed by atoms with Gasteiger partial charge < -0.3 is 20.5 Å². The number of hydrogen-bond donors (Lipinski definition) is 2. The number of esters is 1. The molecule has 1 aromatic rings. The second kappa shape index (κ2) is 8.29. The van der Waals surface area contributed by atoms with Gasteiger partial charge in [-0.3, -0.25) is 9.59 Å². The number of methoxy groups -OCH3 is 2. The molecule has 0 aromatic heterocycles. The molecular weight excluding hydrogens is 260 g/mol. The van der Waals surface area contributed by atoms with E-state index in [9.17, 15) is 9.59 Å². The highest BCUT2D eigenvalue weighted by Crippen LogP contribution is 2.16. The smallest absolute Gasteiger partial charge is 0.314 e. The lowest BCUT2D eigenvalue weighted by Crippen LogP contribution is -2.45. The summed E-state index contributed by atoms with van der Waals surface area (Å²) in [6, 6.07) is 8.36. The Kier molecular flexibility index (Phi) is 6.69. The van der Waals surface area contributed by atoms with Crippen LogP contribution in [0.25, 0.3) is 0 Å². The van der Waals surface area contributed by atoms with Crippen LogP contribution in [0.1, 0.15) is 11.5 Å². The molecule has 0 aliphatic carbocycles. The summed E-state index contributed by atoms with van der Waals surface area (Å²) in [6.07, 6.45) is 0. The molecule has 1 amide bonds. The third kappa shape index (κ3) is 4.64. The van der Waals surface area contributed by atoms with Crippen molar-refractivity contribution in [2.45, 2.75) is 12.0 Å². The van der Waals surface area contributed by atoms with E-state index in [0.29, 0.717) is 0 Å². The minimum Gasteiger partial charge on any atom is -0.468 e. The van der Waals surface area contributed by atoms with Crippen LogP contribution in [0.3, 0.4) is 0 Å². The molecule has 0 heterocycles. The molecule has 0 aliphatic heterocycles. The van der Waals surface area contributed by atoms with Crippen LogP contribution in [0.2, 0.25) is 0 Å². The Labute approximate surface area is 118 Å². The maximum absolute atomic E-state index is 11.8. The number of rotatable bonds is 7. The minimum absolute atomic E-state index is 0.125. The maximum Gasteiger partial charge on any atom is 0.314 e. The summed E-state index contributed by atoms with van der Waals surface area (Å²) < 4.78 is 9.57. The van der Waals surface area contributed by atoms with E-state index in [4.69, 9.17) is 15.2 Å². The van der Waals surface area contributed by atoms with Crippen LogP contribution >= 0.6 is 0 Å². The third-order valence-corrected chi connectivity index (χ3v) is 2.85. The van der Waals surface area contributed by atoms with Crippen molar-refractivity contribution >= 4 is 11.9 Å². The van der Waals surface area contributed by atoms with Gasteiger partial charge in [0.1, 0.15) is 6.04 Å². The summed E-state index contributed by atoms with van der Waals surface area (Å²) in [5.74, 6) is -1.33. The number of nitrogens with two attached hydrogens (primary N) is 1. The average Bonchev–Trinajstić information content (AvgIpc) is 2.48. The Bertz CT molecular complexity index is 436. The van der Waals surface area contributed by atoms with Gasteiger partial charge in [0.05, 0.1) is 19.6 Å². The van der Waals surface area contributed by atoms with Gasteiger partial charge in [-0.1, -0.05) is 30.3 Å². The second-order valence-corrected chi connectivity index (χ2v) is 4.29. The highest BCUT2D eigenvalue weighted by atomic mass is 16.5. The van der Waals surface area contributed by atoms with Crippen molar-refractivity contribution in [2.75, 3.05) is 27.4 Å². The first kappa shape index (κ1) is 16.1. The largest absolute Gasteiger partial charge is 0.468 e. The molecule has 0 fully saturated rings. The van der Waals surface area contributed by atoms with Gasteiger partial charge in [0.15, 0.2) is 0 Å². The first-order valence-corrected chi connectivity index (χ1v) is 6.25. The monoisotopic (exact) mass is 280 g/mol. The summed E-state index contributed by atoms with van der Waals surface area (Å²) >= 11 is 0. The summed E-state index contributed by atoms with van der Waals surface area (Å²) in [5, 5.41) is 2.64. The quantitative estimate of drug-likeness (QED) is 0.688. The van der Waals surface area contributed by atoms with Crippen LogP contribution in [0, 0.1) is 0 Å². The van der Waals surface area contributed by atoms with Crippen molar-refractivity contribution in [2.24, 2.45) is 5.73 Å². The van der Waals surface area contributed by atoms with Crippen LogP contribution in [0.5, 0.6) is 0 Å². The van der Waals surface area contributed by atoms with Crippen molar-refractivity contribution < 1.29 is 19.1 Å². The fraction of sp³-hybridized carbons (Fsp3) is 0.429. The summed E-state index contributed by atoms with van der Waals surface area (Å²) in [5.41, 5.74) is 6.39. The van der Waals surface area contributed by atoms with Gasteiger partial charge in [-0.25, -0.2) is 0 Å². The van der Waals surface area contributed by atoms with Crippen LogP contribution in [-0.4, -0.2) is 45.3 Å². The summed E-state index contributed by atoms with van der Waals surface area (Å²) in [4.78, 5) is 23.5. The molecule has 3 N–H and O–H groups in total. The van der Waals surface area contributed by atoms with Gasteiger partial charge >= 0.3 is 5.97 Å². The zero-order chi connectivity index (χ0) is 15.0. The average molecular weight is 280 g/mol. The van der Waals surface area contributed by atoms with Gasteiger partial charge in [-0.05, 0) is 5.56 Å². The van der Waals surface area contributed by atoms with Crippen molar-refractivity contribution in [1.29, 1.82) is 0 Å². The third-order valence-electron chi connectivity index (χ3n) is 2.85. The Morgan fingerprint density at radius 1 is 1.25 bits per heavy atom. The molecule has 0 aliphatic rings. The lowest BCUT2D eigenvalue weighted by Gasteiger charge is -2.17. The number of carbonyl (C=O) groups is 2.